The van der Waals surface area contributed by atoms with Gasteiger partial charge in [0, 0.05) is 36.7 Å². The van der Waals surface area contributed by atoms with Crippen LogP contribution in [0.1, 0.15) is 5.82 Å². The second kappa shape index (κ2) is 6.30. The molecule has 0 fully saturated rings. The number of fused-ring (bicyclic) bond motifs is 3. The lowest BCUT2D eigenvalue weighted by molar-refractivity contribution is 0.127. The second-order valence-electron chi connectivity index (χ2n) is 5.47. The molecule has 0 unspecified atom stereocenters. The van der Waals surface area contributed by atoms with Crippen molar-refractivity contribution in [3.8, 4) is 11.3 Å². The van der Waals surface area contributed by atoms with E-state index in [-0.39, 0.29) is 12.4 Å². The van der Waals surface area contributed by atoms with Crippen molar-refractivity contribution in [2.24, 2.45) is 0 Å². The molecule has 0 aliphatic rings. The summed E-state index contributed by atoms with van der Waals surface area (Å²) in [6, 6.07) is 7.49. The van der Waals surface area contributed by atoms with E-state index in [4.69, 9.17) is 4.74 Å². The number of hydrogen-bond donors (Lipinski definition) is 1. The molecule has 0 radical (unpaired) electrons. The molecular formula is C17H15N5O2S. The molecule has 0 saturated heterocycles. The summed E-state index contributed by atoms with van der Waals surface area (Å²) in [5.41, 5.74) is 2.72. The van der Waals surface area contributed by atoms with Crippen LogP contribution in [0.4, 0.5) is 0 Å². The summed E-state index contributed by atoms with van der Waals surface area (Å²) in [5.74, 6) is 1.07. The molecule has 126 valence electrons. The highest BCUT2D eigenvalue weighted by atomic mass is 32.1. The summed E-state index contributed by atoms with van der Waals surface area (Å²) in [4.78, 5) is 26.0. The van der Waals surface area contributed by atoms with Gasteiger partial charge in [-0.2, -0.15) is 12.6 Å². The molecular weight excluding hydrogens is 338 g/mol. The van der Waals surface area contributed by atoms with E-state index in [1.807, 2.05) is 24.3 Å². The molecule has 0 amide bonds. The van der Waals surface area contributed by atoms with Gasteiger partial charge in [-0.3, -0.25) is 4.57 Å². The van der Waals surface area contributed by atoms with Gasteiger partial charge in [-0.25, -0.2) is 24.1 Å². The molecule has 0 aliphatic carbocycles. The van der Waals surface area contributed by atoms with Gasteiger partial charge in [-0.05, 0) is 24.3 Å². The van der Waals surface area contributed by atoms with Gasteiger partial charge in [0.25, 0.3) is 0 Å². The van der Waals surface area contributed by atoms with Crippen LogP contribution in [0.25, 0.3) is 27.8 Å². The number of thiol groups is 1. The van der Waals surface area contributed by atoms with Crippen LogP contribution in [0.5, 0.6) is 0 Å². The Morgan fingerprint density at radius 2 is 2.08 bits per heavy atom. The quantitative estimate of drug-likeness (QED) is 0.569. The van der Waals surface area contributed by atoms with Crippen molar-refractivity contribution in [2.75, 3.05) is 7.11 Å². The van der Waals surface area contributed by atoms with Gasteiger partial charge in [0.1, 0.15) is 18.2 Å². The van der Waals surface area contributed by atoms with Crippen LogP contribution >= 0.6 is 12.6 Å². The third-order valence-corrected chi connectivity index (χ3v) is 4.27. The highest BCUT2D eigenvalue weighted by Crippen LogP contribution is 2.32. The van der Waals surface area contributed by atoms with Crippen molar-refractivity contribution in [2.45, 2.75) is 12.5 Å². The highest BCUT2D eigenvalue weighted by molar-refractivity contribution is 7.79. The van der Waals surface area contributed by atoms with Gasteiger partial charge in [0.15, 0.2) is 0 Å². The summed E-state index contributed by atoms with van der Waals surface area (Å²) in [6.45, 7) is 0.175. The maximum absolute atomic E-state index is 12.9. The second-order valence-corrected chi connectivity index (χ2v) is 5.79. The van der Waals surface area contributed by atoms with Crippen LogP contribution in [0.15, 0.2) is 47.7 Å². The van der Waals surface area contributed by atoms with Crippen molar-refractivity contribution in [1.29, 1.82) is 0 Å². The topological polar surface area (TPSA) is 74.3 Å². The van der Waals surface area contributed by atoms with Gasteiger partial charge >= 0.3 is 5.69 Å². The Kier molecular flexibility index (Phi) is 3.98. The van der Waals surface area contributed by atoms with Gasteiger partial charge in [0.05, 0.1) is 17.0 Å². The third-order valence-electron chi connectivity index (χ3n) is 3.99. The number of nitrogens with zero attached hydrogens (tertiary/aromatic N) is 5. The van der Waals surface area contributed by atoms with Crippen molar-refractivity contribution in [3.63, 3.8) is 0 Å². The lowest BCUT2D eigenvalue weighted by atomic mass is 10.1. The zero-order chi connectivity index (χ0) is 17.4. The number of ether oxygens (including phenoxy) is 1. The van der Waals surface area contributed by atoms with Crippen molar-refractivity contribution in [1.82, 2.24) is 23.9 Å². The Balaban J connectivity index is 2.13. The molecule has 4 aromatic rings. The summed E-state index contributed by atoms with van der Waals surface area (Å²) >= 11 is 4.25. The van der Waals surface area contributed by atoms with Gasteiger partial charge in [-0.1, -0.05) is 0 Å². The van der Waals surface area contributed by atoms with E-state index < -0.39 is 0 Å². The van der Waals surface area contributed by atoms with Gasteiger partial charge in [-0.15, -0.1) is 0 Å². The molecule has 25 heavy (non-hydrogen) atoms. The molecule has 4 rings (SSSR count). The van der Waals surface area contributed by atoms with Crippen LogP contribution in [0.3, 0.4) is 0 Å². The fraction of sp³-hybridized carbons (Fsp3) is 0.176. The Morgan fingerprint density at radius 3 is 2.88 bits per heavy atom. The maximum Gasteiger partial charge on any atom is 0.336 e. The SMILES string of the molecule is COCn1ccc2c(-c3ccnc(CS)n3)c3cccnc3n2c1=O. The minimum atomic E-state index is -0.210. The summed E-state index contributed by atoms with van der Waals surface area (Å²) in [7, 11) is 1.55. The van der Waals surface area contributed by atoms with Crippen LogP contribution < -0.4 is 5.69 Å². The molecule has 0 N–H and O–H groups in total. The van der Waals surface area contributed by atoms with Crippen LogP contribution in [-0.2, 0) is 17.2 Å². The van der Waals surface area contributed by atoms with Crippen LogP contribution in [0, 0.1) is 0 Å². The highest BCUT2D eigenvalue weighted by Gasteiger charge is 2.18. The van der Waals surface area contributed by atoms with E-state index in [9.17, 15) is 4.79 Å². The van der Waals surface area contributed by atoms with Crippen LogP contribution in [0.2, 0.25) is 0 Å². The Morgan fingerprint density at radius 1 is 1.20 bits per heavy atom. The molecule has 0 aliphatic heterocycles. The standard InChI is InChI=1S/C17H15N5O2S/c1-24-10-21-8-5-13-15(12-4-7-18-14(9-25)20-12)11-3-2-6-19-16(11)22(13)17(21)23/h2-8,25H,9-10H2,1H3. The van der Waals surface area contributed by atoms with E-state index in [0.29, 0.717) is 17.2 Å². The fourth-order valence-corrected chi connectivity index (χ4v) is 3.11. The number of pyridine rings is 1. The summed E-state index contributed by atoms with van der Waals surface area (Å²) in [6.07, 6.45) is 5.08. The Bertz CT molecular complexity index is 1130. The number of methoxy groups -OCH3 is 1. The molecule has 0 spiro atoms. The average molecular weight is 353 g/mol. The Hall–Kier alpha value is -2.71. The van der Waals surface area contributed by atoms with E-state index in [0.717, 1.165) is 22.2 Å². The molecule has 0 saturated carbocycles. The monoisotopic (exact) mass is 353 g/mol. The van der Waals surface area contributed by atoms with Crippen LogP contribution in [-0.4, -0.2) is 31.0 Å². The van der Waals surface area contributed by atoms with E-state index >= 15 is 0 Å². The number of aromatic nitrogens is 5. The Labute approximate surface area is 148 Å². The molecule has 0 aromatic carbocycles. The largest absolute Gasteiger partial charge is 0.364 e. The van der Waals surface area contributed by atoms with Crippen molar-refractivity contribution >= 4 is 29.2 Å². The molecule has 8 heteroatoms. The maximum atomic E-state index is 12.9. The average Bonchev–Trinajstić information content (AvgIpc) is 2.99. The van der Waals surface area contributed by atoms with Crippen molar-refractivity contribution < 1.29 is 4.74 Å². The first kappa shape index (κ1) is 15.8. The summed E-state index contributed by atoms with van der Waals surface area (Å²) in [5, 5.41) is 0.860. The molecule has 4 heterocycles. The zero-order valence-corrected chi connectivity index (χ0v) is 14.3. The summed E-state index contributed by atoms with van der Waals surface area (Å²) < 4.78 is 8.17. The zero-order valence-electron chi connectivity index (χ0n) is 13.5. The van der Waals surface area contributed by atoms with E-state index in [1.54, 1.807) is 30.1 Å². The van der Waals surface area contributed by atoms with Crippen molar-refractivity contribution in [3.05, 3.63) is 59.2 Å². The minimum Gasteiger partial charge on any atom is -0.364 e. The molecule has 4 aromatic heterocycles. The smallest absolute Gasteiger partial charge is 0.336 e. The normalized spacial score (nSPS) is 11.4. The molecule has 0 atom stereocenters. The first-order chi connectivity index (χ1) is 12.2. The predicted molar refractivity (Wildman–Crippen MR) is 97.7 cm³/mol. The number of rotatable bonds is 4. The lowest BCUT2D eigenvalue weighted by Gasteiger charge is -2.06. The third kappa shape index (κ3) is 2.50. The first-order valence-electron chi connectivity index (χ1n) is 7.65. The predicted octanol–water partition coefficient (Wildman–Crippen LogP) is 2.14. The lowest BCUT2D eigenvalue weighted by Crippen LogP contribution is -2.26. The minimum absolute atomic E-state index is 0.175. The first-order valence-corrected chi connectivity index (χ1v) is 8.28. The molecule has 0 bridgehead atoms. The van der Waals surface area contributed by atoms with E-state index in [1.165, 1.54) is 4.57 Å². The van der Waals surface area contributed by atoms with E-state index in [2.05, 4.69) is 27.6 Å². The van der Waals surface area contributed by atoms with Gasteiger partial charge < -0.3 is 4.74 Å². The fourth-order valence-electron chi connectivity index (χ4n) is 2.96. The van der Waals surface area contributed by atoms with Gasteiger partial charge in [0.2, 0.25) is 0 Å². The number of hydrogen-bond acceptors (Lipinski definition) is 6. The molecule has 7 nitrogen and oxygen atoms in total.